The van der Waals surface area contributed by atoms with E-state index in [-0.39, 0.29) is 5.03 Å². The van der Waals surface area contributed by atoms with Crippen molar-refractivity contribution in [2.75, 3.05) is 0 Å². The SMILES string of the molecule is CCCn1ccc(S(=N)(N)=O)n1. The van der Waals surface area contributed by atoms with E-state index in [1.807, 2.05) is 6.92 Å². The third-order valence-electron chi connectivity index (χ3n) is 1.38. The minimum atomic E-state index is -3.13. The number of hydrogen-bond donors (Lipinski definition) is 2. The van der Waals surface area contributed by atoms with Gasteiger partial charge in [0.15, 0.2) is 14.9 Å². The van der Waals surface area contributed by atoms with Gasteiger partial charge < -0.3 is 0 Å². The van der Waals surface area contributed by atoms with Crippen LogP contribution in [0.3, 0.4) is 0 Å². The van der Waals surface area contributed by atoms with Crippen LogP contribution in [-0.4, -0.2) is 14.0 Å². The van der Waals surface area contributed by atoms with Crippen LogP contribution in [0.5, 0.6) is 0 Å². The van der Waals surface area contributed by atoms with Crippen molar-refractivity contribution in [2.45, 2.75) is 24.9 Å². The molecule has 1 rings (SSSR count). The number of nitrogens with one attached hydrogen (secondary N) is 1. The van der Waals surface area contributed by atoms with Crippen molar-refractivity contribution in [3.8, 4) is 0 Å². The highest BCUT2D eigenvalue weighted by Gasteiger charge is 2.06. The number of nitrogens with zero attached hydrogens (tertiary/aromatic N) is 2. The number of rotatable bonds is 3. The van der Waals surface area contributed by atoms with Gasteiger partial charge in [0, 0.05) is 12.7 Å². The van der Waals surface area contributed by atoms with Crippen molar-refractivity contribution < 1.29 is 4.21 Å². The molecule has 0 saturated heterocycles. The highest BCUT2D eigenvalue weighted by molar-refractivity contribution is 7.90. The van der Waals surface area contributed by atoms with Gasteiger partial charge >= 0.3 is 0 Å². The van der Waals surface area contributed by atoms with Gasteiger partial charge in [-0.2, -0.15) is 5.10 Å². The lowest BCUT2D eigenvalue weighted by Gasteiger charge is -1.96. The second-order valence-electron chi connectivity index (χ2n) is 2.52. The van der Waals surface area contributed by atoms with E-state index in [9.17, 15) is 4.21 Å². The summed E-state index contributed by atoms with van der Waals surface area (Å²) in [5, 5.41) is 9.13. The monoisotopic (exact) mass is 188 g/mol. The summed E-state index contributed by atoms with van der Waals surface area (Å²) in [6.45, 7) is 2.78. The lowest BCUT2D eigenvalue weighted by molar-refractivity contribution is 0.585. The molecule has 0 aromatic carbocycles. The molecule has 6 heteroatoms. The van der Waals surface area contributed by atoms with E-state index in [2.05, 4.69) is 5.10 Å². The lowest BCUT2D eigenvalue weighted by atomic mass is 10.5. The maximum absolute atomic E-state index is 11.0. The van der Waals surface area contributed by atoms with Crippen LogP contribution in [0.2, 0.25) is 0 Å². The molecule has 12 heavy (non-hydrogen) atoms. The third kappa shape index (κ3) is 2.05. The zero-order valence-electron chi connectivity index (χ0n) is 6.86. The van der Waals surface area contributed by atoms with E-state index in [1.165, 1.54) is 6.07 Å². The summed E-state index contributed by atoms with van der Waals surface area (Å²) in [6.07, 6.45) is 2.63. The first-order valence-electron chi connectivity index (χ1n) is 3.64. The zero-order chi connectivity index (χ0) is 9.19. The second kappa shape index (κ2) is 3.24. The van der Waals surface area contributed by atoms with Crippen molar-refractivity contribution in [1.29, 1.82) is 4.78 Å². The van der Waals surface area contributed by atoms with Crippen molar-refractivity contribution in [3.05, 3.63) is 12.3 Å². The molecule has 0 saturated carbocycles. The van der Waals surface area contributed by atoms with Crippen molar-refractivity contribution in [2.24, 2.45) is 5.14 Å². The Hall–Kier alpha value is -0.880. The zero-order valence-corrected chi connectivity index (χ0v) is 7.67. The number of aromatic nitrogens is 2. The van der Waals surface area contributed by atoms with Crippen LogP contribution in [0.4, 0.5) is 0 Å². The van der Waals surface area contributed by atoms with E-state index in [1.54, 1.807) is 10.9 Å². The quantitative estimate of drug-likeness (QED) is 0.726. The Labute approximate surface area is 71.7 Å². The Balaban J connectivity index is 2.92. The van der Waals surface area contributed by atoms with Crippen LogP contribution in [0.25, 0.3) is 0 Å². The predicted molar refractivity (Wildman–Crippen MR) is 45.8 cm³/mol. The Morgan fingerprint density at radius 2 is 2.50 bits per heavy atom. The van der Waals surface area contributed by atoms with Gasteiger partial charge in [-0.1, -0.05) is 6.92 Å². The fraction of sp³-hybridized carbons (Fsp3) is 0.500. The van der Waals surface area contributed by atoms with Gasteiger partial charge in [-0.15, -0.1) is 0 Å². The summed E-state index contributed by atoms with van der Waals surface area (Å²) < 4.78 is 19.7. The maximum Gasteiger partial charge on any atom is 0.172 e. The molecule has 1 aromatic heterocycles. The van der Waals surface area contributed by atoms with Gasteiger partial charge in [0.1, 0.15) is 0 Å². The van der Waals surface area contributed by atoms with Crippen LogP contribution in [-0.2, 0) is 16.5 Å². The van der Waals surface area contributed by atoms with Crippen LogP contribution < -0.4 is 5.14 Å². The minimum absolute atomic E-state index is 0.149. The first kappa shape index (κ1) is 9.21. The van der Waals surface area contributed by atoms with E-state index in [0.29, 0.717) is 0 Å². The van der Waals surface area contributed by atoms with E-state index < -0.39 is 9.92 Å². The van der Waals surface area contributed by atoms with Crippen LogP contribution >= 0.6 is 0 Å². The van der Waals surface area contributed by atoms with Crippen LogP contribution in [0.15, 0.2) is 17.3 Å². The summed E-state index contributed by atoms with van der Waals surface area (Å²) >= 11 is 0. The molecule has 0 aliphatic carbocycles. The van der Waals surface area contributed by atoms with E-state index >= 15 is 0 Å². The first-order valence-corrected chi connectivity index (χ1v) is 5.26. The molecule has 3 N–H and O–H groups in total. The third-order valence-corrected chi connectivity index (χ3v) is 2.22. The van der Waals surface area contributed by atoms with Gasteiger partial charge in [0.2, 0.25) is 0 Å². The smallest absolute Gasteiger partial charge is 0.172 e. The Bertz CT molecular complexity index is 353. The van der Waals surface area contributed by atoms with Gasteiger partial charge in [-0.05, 0) is 12.5 Å². The van der Waals surface area contributed by atoms with Gasteiger partial charge in [-0.3, -0.25) is 4.68 Å². The van der Waals surface area contributed by atoms with Crippen molar-refractivity contribution in [3.63, 3.8) is 0 Å². The topological polar surface area (TPSA) is 84.8 Å². The molecule has 0 fully saturated rings. The number of nitrogens with two attached hydrogens (primary N) is 1. The average Bonchev–Trinajstić information content (AvgIpc) is 2.35. The van der Waals surface area contributed by atoms with E-state index in [0.717, 1.165) is 13.0 Å². The van der Waals surface area contributed by atoms with Crippen LogP contribution in [0.1, 0.15) is 13.3 Å². The molecular formula is C6H12N4OS. The predicted octanol–water partition coefficient (Wildman–Crippen LogP) is 0.572. The Kier molecular flexibility index (Phi) is 2.49. The average molecular weight is 188 g/mol. The molecule has 0 bridgehead atoms. The fourth-order valence-electron chi connectivity index (χ4n) is 0.858. The standard InChI is InChI=1S/C6H12N4OS/c1-2-4-10-5-3-6(9-10)12(7,8)11/h3,5H,2,4H2,1H3,(H3,7,8,11). The van der Waals surface area contributed by atoms with Crippen LogP contribution in [0, 0.1) is 4.78 Å². The lowest BCUT2D eigenvalue weighted by Crippen LogP contribution is -2.11. The van der Waals surface area contributed by atoms with Gasteiger partial charge in [0.05, 0.1) is 0 Å². The largest absolute Gasteiger partial charge is 0.271 e. The maximum atomic E-state index is 11.0. The first-order chi connectivity index (χ1) is 5.54. The molecule has 0 aliphatic rings. The summed E-state index contributed by atoms with van der Waals surface area (Å²) in [5.41, 5.74) is 0. The summed E-state index contributed by atoms with van der Waals surface area (Å²) in [7, 11) is -3.13. The van der Waals surface area contributed by atoms with Crippen molar-refractivity contribution in [1.82, 2.24) is 9.78 Å². The summed E-state index contributed by atoms with van der Waals surface area (Å²) in [5.74, 6) is 0. The molecule has 0 spiro atoms. The summed E-state index contributed by atoms with van der Waals surface area (Å²) in [4.78, 5) is 0. The highest BCUT2D eigenvalue weighted by atomic mass is 32.2. The normalized spacial score (nSPS) is 15.8. The molecule has 1 aromatic rings. The Morgan fingerprint density at radius 1 is 1.83 bits per heavy atom. The molecule has 5 nitrogen and oxygen atoms in total. The fourth-order valence-corrected chi connectivity index (χ4v) is 1.35. The molecule has 0 radical (unpaired) electrons. The molecular weight excluding hydrogens is 176 g/mol. The van der Waals surface area contributed by atoms with Gasteiger partial charge in [0.25, 0.3) is 0 Å². The molecule has 1 unspecified atom stereocenters. The molecule has 0 amide bonds. The number of hydrogen-bond acceptors (Lipinski definition) is 3. The van der Waals surface area contributed by atoms with Gasteiger partial charge in [-0.25, -0.2) is 14.1 Å². The Morgan fingerprint density at radius 3 is 2.92 bits per heavy atom. The summed E-state index contributed by atoms with van der Waals surface area (Å²) in [6, 6.07) is 1.52. The second-order valence-corrected chi connectivity index (χ2v) is 4.14. The number of aryl methyl sites for hydroxylation is 1. The highest BCUT2D eigenvalue weighted by Crippen LogP contribution is 2.02. The minimum Gasteiger partial charge on any atom is -0.271 e. The van der Waals surface area contributed by atoms with E-state index in [4.69, 9.17) is 9.92 Å². The molecule has 68 valence electrons. The molecule has 0 aliphatic heterocycles. The molecule has 1 atom stereocenters. The molecule has 1 heterocycles. The van der Waals surface area contributed by atoms with Crippen molar-refractivity contribution >= 4 is 9.92 Å².